The van der Waals surface area contributed by atoms with Crippen LogP contribution in [0.15, 0.2) is 15.4 Å². The van der Waals surface area contributed by atoms with Crippen molar-refractivity contribution in [2.75, 3.05) is 5.32 Å². The number of carbonyl (C=O) groups excluding carboxylic acids is 1. The predicted molar refractivity (Wildman–Crippen MR) is 79.3 cm³/mol. The third-order valence-corrected chi connectivity index (χ3v) is 4.31. The maximum Gasteiger partial charge on any atom is 0.231 e. The second kappa shape index (κ2) is 5.25. The Labute approximate surface area is 124 Å². The number of rotatable bonds is 2. The molecule has 0 aliphatic rings. The van der Waals surface area contributed by atoms with Crippen LogP contribution in [0.3, 0.4) is 0 Å². The number of aromatic nitrogens is 2. The van der Waals surface area contributed by atoms with Gasteiger partial charge < -0.3 is 5.32 Å². The third kappa shape index (κ3) is 3.29. The van der Waals surface area contributed by atoms with Gasteiger partial charge in [-0.05, 0) is 37.3 Å². The average molecular weight is 379 g/mol. The number of hydrogen-bond acceptors (Lipinski definition) is 3. The quantitative estimate of drug-likeness (QED) is 0.845. The second-order valence-corrected chi connectivity index (χ2v) is 7.22. The minimum Gasteiger partial charge on any atom is -0.308 e. The zero-order chi connectivity index (χ0) is 14.1. The number of carbonyl (C=O) groups is 1. The maximum absolute atomic E-state index is 12.3. The Kier molecular flexibility index (Phi) is 4.54. The van der Waals surface area contributed by atoms with Gasteiger partial charge in [-0.2, -0.15) is 0 Å². The van der Waals surface area contributed by atoms with Gasteiger partial charge in [0.1, 0.15) is 9.21 Å². The van der Waals surface area contributed by atoms with Crippen LogP contribution in [-0.2, 0) is 4.79 Å². The highest BCUT2D eigenvalue weighted by atomic mass is 79.9. The summed E-state index contributed by atoms with van der Waals surface area (Å²) >= 11 is 6.49. The predicted octanol–water partition coefficient (Wildman–Crippen LogP) is 4.01. The number of nitrogens with one attached hydrogen (secondary N) is 1. The van der Waals surface area contributed by atoms with Gasteiger partial charge in [-0.1, -0.05) is 34.6 Å². The first-order valence-electron chi connectivity index (χ1n) is 5.55. The monoisotopic (exact) mass is 377 g/mol. The van der Waals surface area contributed by atoms with E-state index < -0.39 is 5.41 Å². The van der Waals surface area contributed by atoms with Crippen molar-refractivity contribution in [2.45, 2.75) is 34.6 Å². The highest BCUT2D eigenvalue weighted by Gasteiger charge is 2.40. The van der Waals surface area contributed by atoms with E-state index in [9.17, 15) is 4.79 Å². The lowest BCUT2D eigenvalue weighted by molar-refractivity contribution is -0.129. The summed E-state index contributed by atoms with van der Waals surface area (Å²) < 4.78 is 1.12. The highest BCUT2D eigenvalue weighted by molar-refractivity contribution is 9.11. The lowest BCUT2D eigenvalue weighted by atomic mass is 9.69. The number of hydrogen-bond donors (Lipinski definition) is 1. The first-order valence-corrected chi connectivity index (χ1v) is 7.14. The molecule has 0 saturated heterocycles. The minimum absolute atomic E-state index is 0.0766. The Bertz CT molecular complexity index is 467. The summed E-state index contributed by atoms with van der Waals surface area (Å²) in [5.41, 5.74) is -0.659. The molecule has 4 nitrogen and oxygen atoms in total. The maximum atomic E-state index is 12.3. The van der Waals surface area contributed by atoms with Gasteiger partial charge in [0.2, 0.25) is 5.91 Å². The molecule has 1 aromatic rings. The van der Waals surface area contributed by atoms with Gasteiger partial charge in [0, 0.05) is 5.41 Å². The van der Waals surface area contributed by atoms with Crippen LogP contribution in [0.4, 0.5) is 5.82 Å². The van der Waals surface area contributed by atoms with Crippen LogP contribution in [-0.4, -0.2) is 15.9 Å². The van der Waals surface area contributed by atoms with Crippen molar-refractivity contribution in [3.8, 4) is 0 Å². The molecule has 0 bridgehead atoms. The van der Waals surface area contributed by atoms with Crippen LogP contribution >= 0.6 is 31.9 Å². The van der Waals surface area contributed by atoms with Gasteiger partial charge in [-0.3, -0.25) is 4.79 Å². The molecule has 18 heavy (non-hydrogen) atoms. The topological polar surface area (TPSA) is 54.9 Å². The first kappa shape index (κ1) is 15.6. The molecule has 0 spiro atoms. The minimum atomic E-state index is -0.513. The summed E-state index contributed by atoms with van der Waals surface area (Å²) in [6.07, 6.45) is 1.55. The van der Waals surface area contributed by atoms with Gasteiger partial charge in [0.05, 0.1) is 6.20 Å². The van der Waals surface area contributed by atoms with Gasteiger partial charge >= 0.3 is 0 Å². The van der Waals surface area contributed by atoms with Crippen molar-refractivity contribution in [1.29, 1.82) is 0 Å². The standard InChI is InChI=1S/C12H17Br2N3O/c1-11(2,3)12(4,5)10(18)17-9-8(14)16-7(13)6-15-9/h6H,1-5H3,(H,15,17,18). The van der Waals surface area contributed by atoms with Crippen LogP contribution in [0, 0.1) is 10.8 Å². The number of nitrogens with zero attached hydrogens (tertiary/aromatic N) is 2. The molecule has 0 fully saturated rings. The average Bonchev–Trinajstić information content (AvgIpc) is 2.20. The fourth-order valence-corrected chi connectivity index (χ4v) is 1.95. The molecule has 0 aliphatic carbocycles. The van der Waals surface area contributed by atoms with Crippen LogP contribution < -0.4 is 5.32 Å². The van der Waals surface area contributed by atoms with Gasteiger partial charge in [-0.15, -0.1) is 0 Å². The first-order chi connectivity index (χ1) is 8.05. The normalized spacial score (nSPS) is 12.4. The molecular formula is C12H17Br2N3O. The zero-order valence-electron chi connectivity index (χ0n) is 11.1. The lowest BCUT2D eigenvalue weighted by Crippen LogP contribution is -2.41. The Morgan fingerprint density at radius 3 is 2.22 bits per heavy atom. The Balaban J connectivity index is 2.95. The van der Waals surface area contributed by atoms with Crippen molar-refractivity contribution in [2.24, 2.45) is 10.8 Å². The van der Waals surface area contributed by atoms with E-state index in [1.807, 2.05) is 34.6 Å². The second-order valence-electron chi connectivity index (χ2n) is 5.66. The van der Waals surface area contributed by atoms with Crippen molar-refractivity contribution >= 4 is 43.6 Å². The van der Waals surface area contributed by atoms with E-state index in [0.717, 1.165) is 0 Å². The molecular weight excluding hydrogens is 362 g/mol. The number of anilines is 1. The molecule has 6 heteroatoms. The highest BCUT2D eigenvalue weighted by Crippen LogP contribution is 2.38. The van der Waals surface area contributed by atoms with E-state index in [2.05, 4.69) is 47.1 Å². The van der Waals surface area contributed by atoms with Crippen molar-refractivity contribution < 1.29 is 4.79 Å². The van der Waals surface area contributed by atoms with Crippen LogP contribution in [0.2, 0.25) is 0 Å². The molecule has 1 aromatic heterocycles. The summed E-state index contributed by atoms with van der Waals surface area (Å²) in [6.45, 7) is 9.95. The fourth-order valence-electron chi connectivity index (χ4n) is 1.03. The van der Waals surface area contributed by atoms with E-state index in [0.29, 0.717) is 15.0 Å². The molecule has 100 valence electrons. The molecule has 1 rings (SSSR count). The zero-order valence-corrected chi connectivity index (χ0v) is 14.3. The molecule has 0 atom stereocenters. The molecule has 0 aliphatic heterocycles. The van der Waals surface area contributed by atoms with Crippen LogP contribution in [0.5, 0.6) is 0 Å². The summed E-state index contributed by atoms with van der Waals surface area (Å²) in [4.78, 5) is 20.6. The smallest absolute Gasteiger partial charge is 0.231 e. The van der Waals surface area contributed by atoms with E-state index in [1.54, 1.807) is 6.20 Å². The van der Waals surface area contributed by atoms with E-state index in [1.165, 1.54) is 0 Å². The summed E-state index contributed by atoms with van der Waals surface area (Å²) in [5, 5.41) is 2.80. The van der Waals surface area contributed by atoms with Gasteiger partial charge in [-0.25, -0.2) is 9.97 Å². The lowest BCUT2D eigenvalue weighted by Gasteiger charge is -2.37. The Morgan fingerprint density at radius 2 is 1.78 bits per heavy atom. The molecule has 1 amide bonds. The van der Waals surface area contributed by atoms with Crippen molar-refractivity contribution in [1.82, 2.24) is 9.97 Å². The molecule has 1 N–H and O–H groups in total. The summed E-state index contributed by atoms with van der Waals surface area (Å²) in [6, 6.07) is 0. The number of halogens is 2. The largest absolute Gasteiger partial charge is 0.308 e. The van der Waals surface area contributed by atoms with Crippen LogP contribution in [0.1, 0.15) is 34.6 Å². The summed E-state index contributed by atoms with van der Waals surface area (Å²) in [5.74, 6) is 0.354. The van der Waals surface area contributed by atoms with Crippen LogP contribution in [0.25, 0.3) is 0 Å². The fraction of sp³-hybridized carbons (Fsp3) is 0.583. The SMILES string of the molecule is CC(C)(C)C(C)(C)C(=O)Nc1ncc(Br)nc1Br. The summed E-state index contributed by atoms with van der Waals surface area (Å²) in [7, 11) is 0. The third-order valence-electron chi connectivity index (χ3n) is 3.38. The van der Waals surface area contributed by atoms with E-state index >= 15 is 0 Å². The molecule has 0 unspecified atom stereocenters. The molecule has 0 radical (unpaired) electrons. The van der Waals surface area contributed by atoms with E-state index in [-0.39, 0.29) is 11.3 Å². The van der Waals surface area contributed by atoms with E-state index in [4.69, 9.17) is 0 Å². The Hall–Kier alpha value is -0.490. The van der Waals surface area contributed by atoms with Gasteiger partial charge in [0.15, 0.2) is 5.82 Å². The van der Waals surface area contributed by atoms with Gasteiger partial charge in [0.25, 0.3) is 0 Å². The molecule has 0 saturated carbocycles. The van der Waals surface area contributed by atoms with Crippen molar-refractivity contribution in [3.05, 3.63) is 15.4 Å². The van der Waals surface area contributed by atoms with Crippen molar-refractivity contribution in [3.63, 3.8) is 0 Å². The molecule has 0 aromatic carbocycles. The number of amides is 1. The Morgan fingerprint density at radius 1 is 1.22 bits per heavy atom. The molecule has 1 heterocycles.